The number of phenols is 1. The number of fused-ring (bicyclic) bond motifs is 1. The van der Waals surface area contributed by atoms with Crippen molar-refractivity contribution in [2.24, 2.45) is 5.10 Å². The Balaban J connectivity index is 1.75. The average Bonchev–Trinajstić information content (AvgIpc) is 2.57. The zero-order valence-electron chi connectivity index (χ0n) is 13.2. The molecule has 2 N–H and O–H groups in total. The molecule has 1 fully saturated rings. The lowest BCUT2D eigenvalue weighted by molar-refractivity contribution is -0.126. The number of likely N-dealkylation sites (tertiary alicyclic amines) is 1. The summed E-state index contributed by atoms with van der Waals surface area (Å²) >= 11 is 0. The lowest BCUT2D eigenvalue weighted by Crippen LogP contribution is -2.46. The Labute approximate surface area is 135 Å². The fraction of sp³-hybridized carbons (Fsp3) is 0.333. The predicted octanol–water partition coefficient (Wildman–Crippen LogP) is 2.48. The minimum absolute atomic E-state index is 0.0943. The monoisotopic (exact) mass is 311 g/mol. The van der Waals surface area contributed by atoms with Gasteiger partial charge in [0.25, 0.3) is 5.91 Å². The van der Waals surface area contributed by atoms with Gasteiger partial charge >= 0.3 is 0 Å². The first kappa shape index (κ1) is 15.5. The van der Waals surface area contributed by atoms with Crippen molar-refractivity contribution >= 4 is 22.9 Å². The summed E-state index contributed by atoms with van der Waals surface area (Å²) in [5, 5.41) is 16.0. The third kappa shape index (κ3) is 3.35. The summed E-state index contributed by atoms with van der Waals surface area (Å²) in [6.07, 6.45) is 4.57. The molecule has 1 atom stereocenters. The van der Waals surface area contributed by atoms with Gasteiger partial charge in [-0.25, -0.2) is 5.43 Å². The van der Waals surface area contributed by atoms with Crippen LogP contribution in [0.15, 0.2) is 41.5 Å². The van der Waals surface area contributed by atoms with Gasteiger partial charge in [-0.2, -0.15) is 5.10 Å². The van der Waals surface area contributed by atoms with E-state index in [2.05, 4.69) is 15.4 Å². The molecule has 5 nitrogen and oxygen atoms in total. The van der Waals surface area contributed by atoms with E-state index in [-0.39, 0.29) is 17.7 Å². The van der Waals surface area contributed by atoms with Crippen LogP contribution in [0.1, 0.15) is 24.8 Å². The van der Waals surface area contributed by atoms with Crippen molar-refractivity contribution in [2.45, 2.75) is 25.3 Å². The average molecular weight is 311 g/mol. The Morgan fingerprint density at radius 3 is 2.96 bits per heavy atom. The van der Waals surface area contributed by atoms with Crippen molar-refractivity contribution in [2.75, 3.05) is 13.6 Å². The molecule has 1 aliphatic heterocycles. The van der Waals surface area contributed by atoms with Crippen LogP contribution in [-0.2, 0) is 4.79 Å². The van der Waals surface area contributed by atoms with Crippen molar-refractivity contribution in [3.05, 3.63) is 42.0 Å². The van der Waals surface area contributed by atoms with Gasteiger partial charge < -0.3 is 5.11 Å². The maximum Gasteiger partial charge on any atom is 0.257 e. The third-order valence-corrected chi connectivity index (χ3v) is 4.39. The first-order chi connectivity index (χ1) is 11.2. The smallest absolute Gasteiger partial charge is 0.257 e. The summed E-state index contributed by atoms with van der Waals surface area (Å²) in [4.78, 5) is 14.3. The highest BCUT2D eigenvalue weighted by Crippen LogP contribution is 2.25. The first-order valence-corrected chi connectivity index (χ1v) is 7.90. The summed E-state index contributed by atoms with van der Waals surface area (Å²) in [5.74, 6) is 0.0552. The summed E-state index contributed by atoms with van der Waals surface area (Å²) in [5.41, 5.74) is 3.21. The zero-order valence-corrected chi connectivity index (χ0v) is 13.2. The topological polar surface area (TPSA) is 64.9 Å². The number of nitrogens with zero attached hydrogens (tertiary/aromatic N) is 2. The molecule has 0 saturated carbocycles. The number of phenolic OH excluding ortho intramolecular Hbond substituents is 1. The maximum atomic E-state index is 12.2. The van der Waals surface area contributed by atoms with Crippen molar-refractivity contribution in [1.29, 1.82) is 0 Å². The van der Waals surface area contributed by atoms with Crippen LogP contribution in [0.25, 0.3) is 10.8 Å². The molecule has 1 aliphatic rings. The lowest BCUT2D eigenvalue weighted by Gasteiger charge is -2.30. The minimum Gasteiger partial charge on any atom is -0.507 e. The molecule has 120 valence electrons. The van der Waals surface area contributed by atoms with E-state index in [9.17, 15) is 9.90 Å². The number of aromatic hydroxyl groups is 1. The Hall–Kier alpha value is -2.40. The van der Waals surface area contributed by atoms with Crippen LogP contribution in [0.5, 0.6) is 5.75 Å². The molecule has 1 amide bonds. The Morgan fingerprint density at radius 2 is 2.13 bits per heavy atom. The van der Waals surface area contributed by atoms with Gasteiger partial charge in [0, 0.05) is 5.56 Å². The molecular weight excluding hydrogens is 290 g/mol. The summed E-state index contributed by atoms with van der Waals surface area (Å²) in [6, 6.07) is 11.1. The van der Waals surface area contributed by atoms with E-state index >= 15 is 0 Å². The number of hydrogen-bond donors (Lipinski definition) is 2. The van der Waals surface area contributed by atoms with Gasteiger partial charge in [-0.05, 0) is 43.3 Å². The molecule has 2 aromatic carbocycles. The largest absolute Gasteiger partial charge is 0.507 e. The van der Waals surface area contributed by atoms with Gasteiger partial charge in [0.1, 0.15) is 5.75 Å². The lowest BCUT2D eigenvalue weighted by atomic mass is 10.0. The summed E-state index contributed by atoms with van der Waals surface area (Å²) in [6.45, 7) is 0.936. The number of carbonyl (C=O) groups excluding carboxylic acids is 1. The van der Waals surface area contributed by atoms with Crippen LogP contribution >= 0.6 is 0 Å². The number of piperidine rings is 1. The van der Waals surface area contributed by atoms with E-state index in [1.165, 1.54) is 6.21 Å². The van der Waals surface area contributed by atoms with Gasteiger partial charge in [-0.15, -0.1) is 0 Å². The van der Waals surface area contributed by atoms with Crippen molar-refractivity contribution < 1.29 is 9.90 Å². The number of rotatable bonds is 3. The molecule has 1 unspecified atom stereocenters. The molecule has 0 radical (unpaired) electrons. The fourth-order valence-corrected chi connectivity index (χ4v) is 3.06. The molecule has 0 spiro atoms. The zero-order chi connectivity index (χ0) is 16.2. The second-order valence-electron chi connectivity index (χ2n) is 5.95. The van der Waals surface area contributed by atoms with E-state index < -0.39 is 0 Å². The highest BCUT2D eigenvalue weighted by Gasteiger charge is 2.25. The maximum absolute atomic E-state index is 12.2. The van der Waals surface area contributed by atoms with Crippen LogP contribution in [-0.4, -0.2) is 41.8 Å². The molecule has 0 aromatic heterocycles. The molecule has 23 heavy (non-hydrogen) atoms. The van der Waals surface area contributed by atoms with Crippen LogP contribution in [0.4, 0.5) is 0 Å². The van der Waals surface area contributed by atoms with Crippen LogP contribution in [0.2, 0.25) is 0 Å². The second-order valence-corrected chi connectivity index (χ2v) is 5.95. The van der Waals surface area contributed by atoms with E-state index in [1.807, 2.05) is 37.4 Å². The number of nitrogens with one attached hydrogen (secondary N) is 1. The molecule has 2 aromatic rings. The number of likely N-dealkylation sites (N-methyl/N-ethyl adjacent to an activating group) is 1. The first-order valence-electron chi connectivity index (χ1n) is 7.90. The van der Waals surface area contributed by atoms with Crippen molar-refractivity contribution in [1.82, 2.24) is 10.3 Å². The van der Waals surface area contributed by atoms with E-state index in [1.54, 1.807) is 6.07 Å². The molecule has 0 bridgehead atoms. The molecular formula is C18H21N3O2. The number of benzene rings is 2. The van der Waals surface area contributed by atoms with Crippen LogP contribution in [0, 0.1) is 0 Å². The number of hydrazone groups is 1. The highest BCUT2D eigenvalue weighted by atomic mass is 16.3. The summed E-state index contributed by atoms with van der Waals surface area (Å²) < 4.78 is 0. The van der Waals surface area contributed by atoms with Crippen molar-refractivity contribution in [3.8, 4) is 5.75 Å². The Bertz CT molecular complexity index is 742. The molecule has 5 heteroatoms. The van der Waals surface area contributed by atoms with Gasteiger partial charge in [-0.3, -0.25) is 9.69 Å². The van der Waals surface area contributed by atoms with Gasteiger partial charge in [0.2, 0.25) is 0 Å². The normalized spacial score (nSPS) is 19.3. The van der Waals surface area contributed by atoms with E-state index in [4.69, 9.17) is 0 Å². The van der Waals surface area contributed by atoms with Gasteiger partial charge in [0.15, 0.2) is 0 Å². The number of hydrogen-bond acceptors (Lipinski definition) is 4. The minimum atomic E-state index is -0.123. The standard InChI is InChI=1S/C18H21N3O2/c1-21-11-5-4-8-16(21)18(23)20-19-12-15-14-7-3-2-6-13(14)9-10-17(15)22/h2-3,6-7,9-10,12,16,22H,4-5,8,11H2,1H3,(H,20,23)/b19-12+. The second kappa shape index (κ2) is 6.79. The third-order valence-electron chi connectivity index (χ3n) is 4.39. The van der Waals surface area contributed by atoms with E-state index in [0.29, 0.717) is 5.56 Å². The molecule has 1 heterocycles. The van der Waals surface area contributed by atoms with Crippen molar-refractivity contribution in [3.63, 3.8) is 0 Å². The van der Waals surface area contributed by atoms with Gasteiger partial charge in [-0.1, -0.05) is 36.8 Å². The quantitative estimate of drug-likeness (QED) is 0.676. The van der Waals surface area contributed by atoms with Crippen LogP contribution in [0.3, 0.4) is 0 Å². The summed E-state index contributed by atoms with van der Waals surface area (Å²) in [7, 11) is 1.96. The molecule has 0 aliphatic carbocycles. The van der Waals surface area contributed by atoms with E-state index in [0.717, 1.165) is 36.6 Å². The Morgan fingerprint density at radius 1 is 1.30 bits per heavy atom. The molecule has 1 saturated heterocycles. The Kier molecular flexibility index (Phi) is 4.57. The highest BCUT2D eigenvalue weighted by molar-refractivity contribution is 6.02. The van der Waals surface area contributed by atoms with Crippen LogP contribution < -0.4 is 5.43 Å². The SMILES string of the molecule is CN1CCCCC1C(=O)N/N=C/c1c(O)ccc2ccccc12. The fourth-order valence-electron chi connectivity index (χ4n) is 3.06. The predicted molar refractivity (Wildman–Crippen MR) is 91.6 cm³/mol. The van der Waals surface area contributed by atoms with Gasteiger partial charge in [0.05, 0.1) is 12.3 Å². The molecule has 3 rings (SSSR count). The number of carbonyl (C=O) groups is 1. The number of amides is 1.